The Morgan fingerprint density at radius 1 is 0.525 bits per heavy atom. The summed E-state index contributed by atoms with van der Waals surface area (Å²) in [6.07, 6.45) is -1.62. The second-order valence-electron chi connectivity index (χ2n) is 12.2. The van der Waals surface area contributed by atoms with Gasteiger partial charge in [-0.05, 0) is 65.2 Å². The number of rotatable bonds is 8. The summed E-state index contributed by atoms with van der Waals surface area (Å²) in [5.74, 6) is -5.36. The van der Waals surface area contributed by atoms with E-state index >= 15 is 0 Å². The van der Waals surface area contributed by atoms with Crippen LogP contribution in [-0.2, 0) is 28.7 Å². The normalized spacial score (nSPS) is 22.6. The van der Waals surface area contributed by atoms with Crippen LogP contribution in [0.1, 0.15) is 67.2 Å². The number of hydrogen-bond donors (Lipinski definition) is 4. The van der Waals surface area contributed by atoms with Crippen molar-refractivity contribution in [1.29, 1.82) is 0 Å². The fourth-order valence-corrected chi connectivity index (χ4v) is 4.65. The third kappa shape index (κ3) is 13.0. The molecule has 2 rings (SSSR count). The van der Waals surface area contributed by atoms with Gasteiger partial charge in [-0.15, -0.1) is 0 Å². The number of amides is 2. The number of nitrogens with zero attached hydrogens (tertiary/aromatic N) is 2. The van der Waals surface area contributed by atoms with Crippen molar-refractivity contribution in [2.75, 3.05) is 26.2 Å². The lowest BCUT2D eigenvalue weighted by Gasteiger charge is -2.24. The van der Waals surface area contributed by atoms with Gasteiger partial charge in [-0.3, -0.25) is 19.2 Å². The van der Waals surface area contributed by atoms with Crippen LogP contribution in [0.25, 0.3) is 0 Å². The first-order chi connectivity index (χ1) is 18.2. The zero-order valence-corrected chi connectivity index (χ0v) is 23.9. The van der Waals surface area contributed by atoms with E-state index in [0.29, 0.717) is 0 Å². The van der Waals surface area contributed by atoms with E-state index < -0.39 is 47.3 Å². The molecule has 2 amide bonds. The van der Waals surface area contributed by atoms with E-state index in [4.69, 9.17) is 29.9 Å². The lowest BCUT2D eigenvalue weighted by atomic mass is 9.90. The van der Waals surface area contributed by atoms with Gasteiger partial charge in [0.1, 0.15) is 11.2 Å². The van der Waals surface area contributed by atoms with Crippen molar-refractivity contribution in [2.24, 2.45) is 23.7 Å². The SMILES string of the molecule is CC(C)(C)OC(=O)N1C[C@@H](CC(=O)O)[C@@H](CC(=O)O)C1.CC(C)(C)OC(=O)N1C[C@@H](CC(=O)O)[C@@H](CC(=O)O)C1. The maximum Gasteiger partial charge on any atom is 0.410 e. The van der Waals surface area contributed by atoms with Crippen LogP contribution >= 0.6 is 0 Å². The number of carboxylic acids is 4. The van der Waals surface area contributed by atoms with Crippen molar-refractivity contribution >= 4 is 36.1 Å². The highest BCUT2D eigenvalue weighted by atomic mass is 16.6. The van der Waals surface area contributed by atoms with Gasteiger partial charge in [0.05, 0.1) is 25.7 Å². The number of hydrogen-bond acceptors (Lipinski definition) is 8. The molecule has 4 atom stereocenters. The average Bonchev–Trinajstić information content (AvgIpc) is 3.28. The number of ether oxygens (including phenoxy) is 2. The minimum absolute atomic E-state index is 0.142. The molecule has 14 nitrogen and oxygen atoms in total. The predicted molar refractivity (Wildman–Crippen MR) is 139 cm³/mol. The van der Waals surface area contributed by atoms with E-state index in [-0.39, 0.29) is 75.5 Å². The highest BCUT2D eigenvalue weighted by Crippen LogP contribution is 2.31. The molecule has 0 radical (unpaired) electrons. The number of carboxylic acid groups (broad SMARTS) is 4. The standard InChI is InChI=1S/2C13H21NO6/c2*1-13(2,3)20-12(19)14-6-8(4-10(15)16)9(7-14)5-11(17)18/h2*8-9H,4-7H2,1-3H3,(H,15,16)(H,17,18)/t2*8-,9+. The van der Waals surface area contributed by atoms with Gasteiger partial charge in [0.2, 0.25) is 0 Å². The molecule has 0 spiro atoms. The summed E-state index contributed by atoms with van der Waals surface area (Å²) in [6.45, 7) is 11.3. The second-order valence-corrected chi connectivity index (χ2v) is 12.2. The van der Waals surface area contributed by atoms with Gasteiger partial charge in [0.25, 0.3) is 0 Å². The minimum atomic E-state index is -0.989. The molecule has 0 aromatic heterocycles. The molecule has 0 saturated carbocycles. The summed E-state index contributed by atoms with van der Waals surface area (Å²) in [5, 5.41) is 35.4. The van der Waals surface area contributed by atoms with Gasteiger partial charge in [-0.1, -0.05) is 0 Å². The van der Waals surface area contributed by atoms with Crippen LogP contribution in [-0.4, -0.2) is 104 Å². The molecule has 228 valence electrons. The molecule has 2 saturated heterocycles. The highest BCUT2D eigenvalue weighted by Gasteiger charge is 2.40. The second kappa shape index (κ2) is 14.2. The topological polar surface area (TPSA) is 208 Å². The smallest absolute Gasteiger partial charge is 0.410 e. The van der Waals surface area contributed by atoms with Crippen LogP contribution in [0.2, 0.25) is 0 Å². The number of aliphatic carboxylic acids is 4. The van der Waals surface area contributed by atoms with E-state index in [1.807, 2.05) is 0 Å². The van der Waals surface area contributed by atoms with Gasteiger partial charge >= 0.3 is 36.1 Å². The van der Waals surface area contributed by atoms with Gasteiger partial charge in [-0.2, -0.15) is 0 Å². The van der Waals surface area contributed by atoms with Gasteiger partial charge in [0, 0.05) is 26.2 Å². The van der Waals surface area contributed by atoms with E-state index in [9.17, 15) is 28.8 Å². The molecule has 0 unspecified atom stereocenters. The van der Waals surface area contributed by atoms with E-state index in [2.05, 4.69) is 0 Å². The number of carbonyl (C=O) groups is 6. The molecule has 2 heterocycles. The Morgan fingerprint density at radius 3 is 0.875 bits per heavy atom. The minimum Gasteiger partial charge on any atom is -0.481 e. The molecule has 4 N–H and O–H groups in total. The lowest BCUT2D eigenvalue weighted by Crippen LogP contribution is -2.35. The lowest BCUT2D eigenvalue weighted by molar-refractivity contribution is -0.141. The Kier molecular flexibility index (Phi) is 12.2. The van der Waals surface area contributed by atoms with Crippen molar-refractivity contribution in [1.82, 2.24) is 9.80 Å². The highest BCUT2D eigenvalue weighted by molar-refractivity contribution is 5.72. The summed E-state index contributed by atoms with van der Waals surface area (Å²) in [7, 11) is 0. The first-order valence-corrected chi connectivity index (χ1v) is 13.0. The summed E-state index contributed by atoms with van der Waals surface area (Å²) < 4.78 is 10.4. The molecule has 2 aliphatic rings. The Hall–Kier alpha value is -3.58. The van der Waals surface area contributed by atoms with E-state index in [1.54, 1.807) is 41.5 Å². The average molecular weight is 575 g/mol. The van der Waals surface area contributed by atoms with Crippen LogP contribution in [0, 0.1) is 23.7 Å². The van der Waals surface area contributed by atoms with Crippen molar-refractivity contribution < 1.29 is 58.7 Å². The monoisotopic (exact) mass is 574 g/mol. The molecule has 40 heavy (non-hydrogen) atoms. The fourth-order valence-electron chi connectivity index (χ4n) is 4.65. The summed E-state index contributed by atoms with van der Waals surface area (Å²) >= 11 is 0. The van der Waals surface area contributed by atoms with Crippen molar-refractivity contribution in [2.45, 2.75) is 78.4 Å². The van der Waals surface area contributed by atoms with Crippen LogP contribution in [0.5, 0.6) is 0 Å². The first-order valence-electron chi connectivity index (χ1n) is 13.0. The maximum absolute atomic E-state index is 11.9. The Morgan fingerprint density at radius 2 is 0.725 bits per heavy atom. The molecule has 0 aromatic carbocycles. The molecule has 0 bridgehead atoms. The van der Waals surface area contributed by atoms with Crippen molar-refractivity contribution in [3.63, 3.8) is 0 Å². The maximum atomic E-state index is 11.9. The fraction of sp³-hybridized carbons (Fsp3) is 0.769. The van der Waals surface area contributed by atoms with Gasteiger partial charge < -0.3 is 39.7 Å². The molecule has 14 heteroatoms. The van der Waals surface area contributed by atoms with Gasteiger partial charge in [-0.25, -0.2) is 9.59 Å². The Labute approximate surface area is 233 Å². The molecule has 0 aromatic rings. The molecular weight excluding hydrogens is 532 g/mol. The summed E-state index contributed by atoms with van der Waals surface area (Å²) in [4.78, 5) is 69.9. The summed E-state index contributed by atoms with van der Waals surface area (Å²) in [6, 6.07) is 0. The van der Waals surface area contributed by atoms with Crippen LogP contribution in [0.3, 0.4) is 0 Å². The molecular formula is C26H42N2O12. The third-order valence-electron chi connectivity index (χ3n) is 6.20. The predicted octanol–water partition coefficient (Wildman–Crippen LogP) is 2.84. The van der Waals surface area contributed by atoms with E-state index in [1.165, 1.54) is 9.80 Å². The third-order valence-corrected chi connectivity index (χ3v) is 6.20. The quantitative estimate of drug-likeness (QED) is 0.330. The largest absolute Gasteiger partial charge is 0.481 e. The first kappa shape index (κ1) is 34.4. The van der Waals surface area contributed by atoms with Crippen molar-refractivity contribution in [3.05, 3.63) is 0 Å². The van der Waals surface area contributed by atoms with E-state index in [0.717, 1.165) is 0 Å². The molecule has 0 aliphatic carbocycles. The van der Waals surface area contributed by atoms with Crippen LogP contribution < -0.4 is 0 Å². The molecule has 2 fully saturated rings. The van der Waals surface area contributed by atoms with Crippen molar-refractivity contribution in [3.8, 4) is 0 Å². The zero-order chi connectivity index (χ0) is 31.0. The zero-order valence-electron chi connectivity index (χ0n) is 23.9. The molecule has 2 aliphatic heterocycles. The van der Waals surface area contributed by atoms with Gasteiger partial charge in [0.15, 0.2) is 0 Å². The Balaban J connectivity index is 0.000000400. The number of likely N-dealkylation sites (tertiary alicyclic amines) is 2. The van der Waals surface area contributed by atoms with Crippen LogP contribution in [0.15, 0.2) is 0 Å². The Bertz CT molecular complexity index is 828. The van der Waals surface area contributed by atoms with Crippen LogP contribution in [0.4, 0.5) is 9.59 Å². The number of carbonyl (C=O) groups excluding carboxylic acids is 2. The summed E-state index contributed by atoms with van der Waals surface area (Å²) in [5.41, 5.74) is -1.27.